The fraction of sp³-hybridized carbons (Fsp3) is 0.240. The van der Waals surface area contributed by atoms with Crippen molar-refractivity contribution >= 4 is 11.7 Å². The number of carbonyl (C=O) groups is 1. The third-order valence-corrected chi connectivity index (χ3v) is 4.59. The minimum atomic E-state index is -0.131. The molecule has 0 aliphatic heterocycles. The highest BCUT2D eigenvalue weighted by atomic mass is 16.5. The van der Waals surface area contributed by atoms with Crippen molar-refractivity contribution in [2.75, 3.05) is 25.6 Å². The van der Waals surface area contributed by atoms with Gasteiger partial charge in [0.15, 0.2) is 0 Å². The van der Waals surface area contributed by atoms with E-state index in [2.05, 4.69) is 5.32 Å². The summed E-state index contributed by atoms with van der Waals surface area (Å²) in [5.41, 5.74) is 1.80. The zero-order valence-electron chi connectivity index (χ0n) is 17.3. The van der Waals surface area contributed by atoms with Crippen molar-refractivity contribution in [2.24, 2.45) is 0 Å². The second kappa shape index (κ2) is 11.6. The van der Waals surface area contributed by atoms with E-state index in [4.69, 9.17) is 9.47 Å². The van der Waals surface area contributed by atoms with E-state index in [1.807, 2.05) is 89.8 Å². The van der Waals surface area contributed by atoms with Gasteiger partial charge in [-0.25, -0.2) is 4.79 Å². The van der Waals surface area contributed by atoms with Crippen LogP contribution in [-0.4, -0.2) is 31.2 Å². The van der Waals surface area contributed by atoms with Crippen LogP contribution in [0.15, 0.2) is 84.9 Å². The second-order valence-corrected chi connectivity index (χ2v) is 6.98. The van der Waals surface area contributed by atoms with Crippen LogP contribution >= 0.6 is 0 Å². The van der Waals surface area contributed by atoms with E-state index in [-0.39, 0.29) is 6.03 Å². The van der Waals surface area contributed by atoms with Crippen molar-refractivity contribution in [3.63, 3.8) is 0 Å². The highest BCUT2D eigenvalue weighted by Crippen LogP contribution is 2.24. The first kappa shape index (κ1) is 21.4. The Morgan fingerprint density at radius 3 is 2.30 bits per heavy atom. The van der Waals surface area contributed by atoms with Gasteiger partial charge in [-0.3, -0.25) is 0 Å². The lowest BCUT2D eigenvalue weighted by molar-refractivity contribution is 0.182. The molecule has 0 aromatic heterocycles. The average Bonchev–Trinajstić information content (AvgIpc) is 2.77. The molecule has 3 aromatic carbocycles. The van der Waals surface area contributed by atoms with Gasteiger partial charge < -0.3 is 19.7 Å². The van der Waals surface area contributed by atoms with E-state index in [0.29, 0.717) is 31.1 Å². The molecule has 0 saturated heterocycles. The molecular formula is C25H28N2O3. The zero-order valence-corrected chi connectivity index (χ0v) is 17.3. The number of carbonyl (C=O) groups excluding carboxylic acids is 1. The normalized spacial score (nSPS) is 10.4. The van der Waals surface area contributed by atoms with E-state index in [1.165, 1.54) is 0 Å². The van der Waals surface area contributed by atoms with Gasteiger partial charge in [0.25, 0.3) is 0 Å². The Labute approximate surface area is 178 Å². The third kappa shape index (κ3) is 6.94. The first-order chi connectivity index (χ1) is 14.7. The van der Waals surface area contributed by atoms with Crippen molar-refractivity contribution in [1.82, 2.24) is 4.90 Å². The molecule has 0 heterocycles. The molecule has 0 aliphatic rings. The summed E-state index contributed by atoms with van der Waals surface area (Å²) in [6, 6.07) is 26.9. The molecule has 0 unspecified atom stereocenters. The van der Waals surface area contributed by atoms with Crippen molar-refractivity contribution in [3.8, 4) is 11.5 Å². The summed E-state index contributed by atoms with van der Waals surface area (Å²) in [7, 11) is 1.69. The van der Waals surface area contributed by atoms with Gasteiger partial charge >= 0.3 is 6.03 Å². The largest absolute Gasteiger partial charge is 0.457 e. The van der Waals surface area contributed by atoms with Crippen LogP contribution in [0.3, 0.4) is 0 Å². The second-order valence-electron chi connectivity index (χ2n) is 6.98. The molecule has 5 heteroatoms. The van der Waals surface area contributed by atoms with E-state index in [9.17, 15) is 4.79 Å². The molecule has 5 nitrogen and oxygen atoms in total. The third-order valence-electron chi connectivity index (χ3n) is 4.59. The van der Waals surface area contributed by atoms with Crippen LogP contribution in [0.5, 0.6) is 11.5 Å². The number of anilines is 1. The maximum absolute atomic E-state index is 13.0. The number of unbranched alkanes of at least 4 members (excludes halogenated alkanes) is 1. The summed E-state index contributed by atoms with van der Waals surface area (Å²) < 4.78 is 11.0. The average molecular weight is 405 g/mol. The SMILES string of the molecule is COCCCCN(Cc1ccccc1)C(=O)Nc1cccc(Oc2ccccc2)c1. The molecule has 1 N–H and O–H groups in total. The molecule has 2 amide bonds. The van der Waals surface area contributed by atoms with Crippen molar-refractivity contribution in [3.05, 3.63) is 90.5 Å². The number of para-hydroxylation sites is 1. The highest BCUT2D eigenvalue weighted by Gasteiger charge is 2.14. The van der Waals surface area contributed by atoms with E-state index in [1.54, 1.807) is 7.11 Å². The number of hydrogen-bond acceptors (Lipinski definition) is 3. The molecule has 0 fully saturated rings. The van der Waals surface area contributed by atoms with Gasteiger partial charge in [-0.15, -0.1) is 0 Å². The predicted molar refractivity (Wildman–Crippen MR) is 120 cm³/mol. The minimum absolute atomic E-state index is 0.131. The molecular weight excluding hydrogens is 376 g/mol. The Balaban J connectivity index is 1.65. The smallest absolute Gasteiger partial charge is 0.322 e. The van der Waals surface area contributed by atoms with Crippen LogP contribution in [0.4, 0.5) is 10.5 Å². The molecule has 0 spiro atoms. The number of nitrogens with zero attached hydrogens (tertiary/aromatic N) is 1. The molecule has 0 aliphatic carbocycles. The summed E-state index contributed by atoms with van der Waals surface area (Å²) in [6.45, 7) is 1.91. The predicted octanol–water partition coefficient (Wildman–Crippen LogP) is 5.94. The highest BCUT2D eigenvalue weighted by molar-refractivity contribution is 5.89. The molecule has 0 bridgehead atoms. The first-order valence-corrected chi connectivity index (χ1v) is 10.2. The number of amides is 2. The van der Waals surface area contributed by atoms with Crippen LogP contribution in [0.2, 0.25) is 0 Å². The quantitative estimate of drug-likeness (QED) is 0.426. The minimum Gasteiger partial charge on any atom is -0.457 e. The van der Waals surface area contributed by atoms with E-state index >= 15 is 0 Å². The van der Waals surface area contributed by atoms with Crippen LogP contribution in [-0.2, 0) is 11.3 Å². The van der Waals surface area contributed by atoms with Crippen molar-refractivity contribution in [2.45, 2.75) is 19.4 Å². The number of nitrogens with one attached hydrogen (secondary N) is 1. The van der Waals surface area contributed by atoms with E-state index in [0.717, 1.165) is 24.2 Å². The van der Waals surface area contributed by atoms with Crippen molar-refractivity contribution in [1.29, 1.82) is 0 Å². The van der Waals surface area contributed by atoms with Gasteiger partial charge in [0, 0.05) is 38.6 Å². The summed E-state index contributed by atoms with van der Waals surface area (Å²) in [6.07, 6.45) is 1.79. The lowest BCUT2D eigenvalue weighted by atomic mass is 10.2. The number of urea groups is 1. The van der Waals surface area contributed by atoms with Crippen LogP contribution in [0.1, 0.15) is 18.4 Å². The number of hydrogen-bond donors (Lipinski definition) is 1. The number of rotatable bonds is 10. The Morgan fingerprint density at radius 2 is 1.57 bits per heavy atom. The lowest BCUT2D eigenvalue weighted by Gasteiger charge is -2.23. The monoisotopic (exact) mass is 404 g/mol. The molecule has 156 valence electrons. The van der Waals surface area contributed by atoms with Crippen LogP contribution < -0.4 is 10.1 Å². The van der Waals surface area contributed by atoms with Gasteiger partial charge in [0.1, 0.15) is 11.5 Å². The van der Waals surface area contributed by atoms with Crippen LogP contribution in [0, 0.1) is 0 Å². The summed E-state index contributed by atoms with van der Waals surface area (Å²) in [4.78, 5) is 14.8. The molecule has 3 rings (SSSR count). The maximum atomic E-state index is 13.0. The lowest BCUT2D eigenvalue weighted by Crippen LogP contribution is -2.35. The first-order valence-electron chi connectivity index (χ1n) is 10.2. The van der Waals surface area contributed by atoms with E-state index < -0.39 is 0 Å². The zero-order chi connectivity index (χ0) is 21.0. The van der Waals surface area contributed by atoms with Gasteiger partial charge in [0.2, 0.25) is 0 Å². The summed E-state index contributed by atoms with van der Waals surface area (Å²) >= 11 is 0. The molecule has 30 heavy (non-hydrogen) atoms. The fourth-order valence-corrected chi connectivity index (χ4v) is 3.07. The van der Waals surface area contributed by atoms with Crippen LogP contribution in [0.25, 0.3) is 0 Å². The maximum Gasteiger partial charge on any atom is 0.322 e. The molecule has 0 atom stereocenters. The summed E-state index contributed by atoms with van der Waals surface area (Å²) in [5.74, 6) is 1.43. The number of ether oxygens (including phenoxy) is 2. The molecule has 0 radical (unpaired) electrons. The van der Waals surface area contributed by atoms with Crippen molar-refractivity contribution < 1.29 is 14.3 Å². The van der Waals surface area contributed by atoms with Gasteiger partial charge in [-0.1, -0.05) is 54.6 Å². The number of methoxy groups -OCH3 is 1. The van der Waals surface area contributed by atoms with Gasteiger partial charge in [-0.05, 0) is 42.7 Å². The standard InChI is InChI=1S/C25H28N2O3/c1-29-18-9-8-17-27(20-21-11-4-2-5-12-21)25(28)26-22-13-10-16-24(19-22)30-23-14-6-3-7-15-23/h2-7,10-16,19H,8-9,17-18,20H2,1H3,(H,26,28). The fourth-order valence-electron chi connectivity index (χ4n) is 3.07. The summed E-state index contributed by atoms with van der Waals surface area (Å²) in [5, 5.41) is 3.01. The van der Waals surface area contributed by atoms with Gasteiger partial charge in [0.05, 0.1) is 0 Å². The Hall–Kier alpha value is -3.31. The molecule has 3 aromatic rings. The Bertz CT molecular complexity index is 901. The Morgan fingerprint density at radius 1 is 0.867 bits per heavy atom. The van der Waals surface area contributed by atoms with Gasteiger partial charge in [-0.2, -0.15) is 0 Å². The number of benzene rings is 3. The molecule has 0 saturated carbocycles. The topological polar surface area (TPSA) is 50.8 Å². The Kier molecular flexibility index (Phi) is 8.30.